The third-order valence-corrected chi connectivity index (χ3v) is 3.69. The van der Waals surface area contributed by atoms with E-state index in [9.17, 15) is 10.1 Å². The summed E-state index contributed by atoms with van der Waals surface area (Å²) in [5.41, 5.74) is 4.61. The zero-order chi connectivity index (χ0) is 14.1. The van der Waals surface area contributed by atoms with Crippen LogP contribution in [0.5, 0.6) is 0 Å². The van der Waals surface area contributed by atoms with E-state index in [-0.39, 0.29) is 10.6 Å². The van der Waals surface area contributed by atoms with Gasteiger partial charge in [-0.05, 0) is 42.5 Å². The first-order valence-corrected chi connectivity index (χ1v) is 6.71. The number of hydrogen-bond acceptors (Lipinski definition) is 3. The predicted octanol–water partition coefficient (Wildman–Crippen LogP) is 3.48. The predicted molar refractivity (Wildman–Crippen MR) is 79.1 cm³/mol. The van der Waals surface area contributed by atoms with Gasteiger partial charge in [-0.15, -0.1) is 0 Å². The normalized spacial score (nSPS) is 14.1. The molecule has 4 nitrogen and oxygen atoms in total. The van der Waals surface area contributed by atoms with Crippen LogP contribution in [0.15, 0.2) is 42.5 Å². The molecular formula is C16H16N2O2. The van der Waals surface area contributed by atoms with Crippen molar-refractivity contribution in [3.63, 3.8) is 0 Å². The van der Waals surface area contributed by atoms with Crippen LogP contribution in [0, 0.1) is 17.0 Å². The number of nitro groups is 1. The summed E-state index contributed by atoms with van der Waals surface area (Å²) in [7, 11) is 0. The Balaban J connectivity index is 1.78. The van der Waals surface area contributed by atoms with E-state index in [1.165, 1.54) is 11.1 Å². The average molecular weight is 268 g/mol. The molecule has 20 heavy (non-hydrogen) atoms. The molecule has 2 aromatic rings. The Morgan fingerprint density at radius 1 is 1.15 bits per heavy atom. The molecule has 0 amide bonds. The van der Waals surface area contributed by atoms with Gasteiger partial charge in [-0.2, -0.15) is 0 Å². The molecule has 3 rings (SSSR count). The van der Waals surface area contributed by atoms with Crippen molar-refractivity contribution in [3.8, 4) is 0 Å². The summed E-state index contributed by atoms with van der Waals surface area (Å²) in [5, 5.41) is 14.3. The van der Waals surface area contributed by atoms with E-state index >= 15 is 0 Å². The number of fused-ring (bicyclic) bond motifs is 1. The summed E-state index contributed by atoms with van der Waals surface area (Å²) in [6, 6.07) is 13.9. The first kappa shape index (κ1) is 12.7. The second-order valence-corrected chi connectivity index (χ2v) is 5.33. The molecule has 4 heteroatoms. The molecule has 0 unspecified atom stereocenters. The first-order chi connectivity index (χ1) is 9.61. The minimum absolute atomic E-state index is 0.142. The van der Waals surface area contributed by atoms with Crippen LogP contribution in [0.2, 0.25) is 0 Å². The number of hydrogen-bond donors (Lipinski definition) is 1. The van der Waals surface area contributed by atoms with Gasteiger partial charge in [0.25, 0.3) is 5.69 Å². The van der Waals surface area contributed by atoms with E-state index in [2.05, 4.69) is 29.6 Å². The van der Waals surface area contributed by atoms with Crippen molar-refractivity contribution in [1.82, 2.24) is 0 Å². The summed E-state index contributed by atoms with van der Waals surface area (Å²) in [5.74, 6) is 0. The van der Waals surface area contributed by atoms with Crippen molar-refractivity contribution >= 4 is 11.4 Å². The Bertz CT molecular complexity index is 642. The molecule has 0 saturated carbocycles. The molecular weight excluding hydrogens is 252 g/mol. The van der Waals surface area contributed by atoms with E-state index in [4.69, 9.17) is 0 Å². The molecule has 102 valence electrons. The van der Waals surface area contributed by atoms with Gasteiger partial charge >= 0.3 is 0 Å². The number of nitro benzene ring substituents is 1. The van der Waals surface area contributed by atoms with Crippen LogP contribution < -0.4 is 5.32 Å². The summed E-state index contributed by atoms with van der Waals surface area (Å²) < 4.78 is 0. The van der Waals surface area contributed by atoms with Gasteiger partial charge in [0.2, 0.25) is 0 Å². The second-order valence-electron chi connectivity index (χ2n) is 5.33. The zero-order valence-electron chi connectivity index (χ0n) is 11.3. The summed E-state index contributed by atoms with van der Waals surface area (Å²) in [4.78, 5) is 10.6. The van der Waals surface area contributed by atoms with E-state index in [1.807, 2.05) is 13.0 Å². The van der Waals surface area contributed by atoms with Crippen LogP contribution in [-0.2, 0) is 12.8 Å². The highest BCUT2D eigenvalue weighted by Crippen LogP contribution is 2.26. The number of non-ortho nitro benzene ring substituents is 1. The van der Waals surface area contributed by atoms with E-state index < -0.39 is 0 Å². The number of anilines is 1. The number of nitrogens with zero attached hydrogens (tertiary/aromatic N) is 1. The molecule has 0 fully saturated rings. The highest BCUT2D eigenvalue weighted by molar-refractivity contribution is 5.55. The fourth-order valence-corrected chi connectivity index (χ4v) is 2.85. The largest absolute Gasteiger partial charge is 0.381 e. The van der Waals surface area contributed by atoms with Crippen LogP contribution in [0.4, 0.5) is 11.4 Å². The minimum atomic E-state index is -0.346. The Morgan fingerprint density at radius 3 is 2.40 bits per heavy atom. The molecule has 0 heterocycles. The van der Waals surface area contributed by atoms with Gasteiger partial charge in [-0.3, -0.25) is 10.1 Å². The van der Waals surface area contributed by atoms with Gasteiger partial charge in [0, 0.05) is 23.9 Å². The van der Waals surface area contributed by atoms with E-state index in [0.29, 0.717) is 6.04 Å². The molecule has 1 aliphatic rings. The van der Waals surface area contributed by atoms with Gasteiger partial charge in [0.05, 0.1) is 4.92 Å². The van der Waals surface area contributed by atoms with Crippen LogP contribution >= 0.6 is 0 Å². The summed E-state index contributed by atoms with van der Waals surface area (Å²) >= 11 is 0. The Morgan fingerprint density at radius 2 is 1.80 bits per heavy atom. The maximum atomic E-state index is 10.9. The lowest BCUT2D eigenvalue weighted by Crippen LogP contribution is -2.19. The molecule has 0 saturated heterocycles. The quantitative estimate of drug-likeness (QED) is 0.685. The number of aryl methyl sites for hydroxylation is 1. The van der Waals surface area contributed by atoms with Crippen LogP contribution in [0.3, 0.4) is 0 Å². The lowest BCUT2D eigenvalue weighted by atomic mass is 10.1. The molecule has 0 aromatic heterocycles. The van der Waals surface area contributed by atoms with Gasteiger partial charge in [-0.1, -0.05) is 24.3 Å². The van der Waals surface area contributed by atoms with Crippen molar-refractivity contribution in [3.05, 3.63) is 69.3 Å². The highest BCUT2D eigenvalue weighted by Gasteiger charge is 2.21. The molecule has 0 aliphatic heterocycles. The Labute approximate surface area is 117 Å². The maximum absolute atomic E-state index is 10.9. The maximum Gasteiger partial charge on any atom is 0.271 e. The van der Waals surface area contributed by atoms with Crippen LogP contribution in [0.25, 0.3) is 0 Å². The standard InChI is InChI=1S/C16H16N2O2/c1-11-6-14(10-16(7-11)18(19)20)17-15-8-12-4-2-3-5-13(12)9-15/h2-7,10,15,17H,8-9H2,1H3. The molecule has 2 aromatic carbocycles. The first-order valence-electron chi connectivity index (χ1n) is 6.71. The van der Waals surface area contributed by atoms with Gasteiger partial charge in [0.15, 0.2) is 0 Å². The van der Waals surface area contributed by atoms with Gasteiger partial charge in [0.1, 0.15) is 0 Å². The minimum Gasteiger partial charge on any atom is -0.381 e. The third-order valence-electron chi connectivity index (χ3n) is 3.69. The Hall–Kier alpha value is -2.36. The number of rotatable bonds is 3. The van der Waals surface area contributed by atoms with Crippen molar-refractivity contribution in [2.45, 2.75) is 25.8 Å². The van der Waals surface area contributed by atoms with Crippen LogP contribution in [-0.4, -0.2) is 11.0 Å². The van der Waals surface area contributed by atoms with Crippen molar-refractivity contribution in [2.24, 2.45) is 0 Å². The summed E-state index contributed by atoms with van der Waals surface area (Å²) in [6.45, 7) is 1.88. The topological polar surface area (TPSA) is 55.2 Å². The SMILES string of the molecule is Cc1cc(NC2Cc3ccccc3C2)cc([N+](=O)[O-])c1. The highest BCUT2D eigenvalue weighted by atomic mass is 16.6. The average Bonchev–Trinajstić information content (AvgIpc) is 2.79. The van der Waals surface area contributed by atoms with Crippen LogP contribution in [0.1, 0.15) is 16.7 Å². The van der Waals surface area contributed by atoms with E-state index in [1.54, 1.807) is 12.1 Å². The van der Waals surface area contributed by atoms with Crippen molar-refractivity contribution in [2.75, 3.05) is 5.32 Å². The van der Waals surface area contributed by atoms with Gasteiger partial charge in [-0.25, -0.2) is 0 Å². The number of benzene rings is 2. The molecule has 0 radical (unpaired) electrons. The van der Waals surface area contributed by atoms with Crippen molar-refractivity contribution < 1.29 is 4.92 Å². The molecule has 1 aliphatic carbocycles. The monoisotopic (exact) mass is 268 g/mol. The molecule has 0 spiro atoms. The lowest BCUT2D eigenvalue weighted by Gasteiger charge is -2.14. The third kappa shape index (κ3) is 2.50. The molecule has 1 N–H and O–H groups in total. The fourth-order valence-electron chi connectivity index (χ4n) is 2.85. The second kappa shape index (κ2) is 4.96. The number of nitrogens with one attached hydrogen (secondary N) is 1. The molecule has 0 atom stereocenters. The van der Waals surface area contributed by atoms with Gasteiger partial charge < -0.3 is 5.32 Å². The van der Waals surface area contributed by atoms with E-state index in [0.717, 1.165) is 24.1 Å². The Kier molecular flexibility index (Phi) is 3.14. The summed E-state index contributed by atoms with van der Waals surface area (Å²) in [6.07, 6.45) is 1.94. The molecule has 0 bridgehead atoms. The smallest absolute Gasteiger partial charge is 0.271 e. The zero-order valence-corrected chi connectivity index (χ0v) is 11.3. The lowest BCUT2D eigenvalue weighted by molar-refractivity contribution is -0.384. The van der Waals surface area contributed by atoms with Crippen molar-refractivity contribution in [1.29, 1.82) is 0 Å². The fraction of sp³-hybridized carbons (Fsp3) is 0.250.